The maximum absolute atomic E-state index is 5.59. The second-order valence-corrected chi connectivity index (χ2v) is 7.97. The molecule has 0 unspecified atom stereocenters. The number of nitrogens with zero attached hydrogens (tertiary/aromatic N) is 1. The van der Waals surface area contributed by atoms with Gasteiger partial charge in [-0.3, -0.25) is 0 Å². The number of H-pyrrole nitrogens is 2. The highest BCUT2D eigenvalue weighted by Gasteiger charge is 2.18. The Bertz CT molecular complexity index is 851. The molecular formula is C24H33N3O. The molecule has 4 heteroatoms. The molecule has 1 aliphatic heterocycles. The van der Waals surface area contributed by atoms with Gasteiger partial charge in [-0.15, -0.1) is 0 Å². The molecule has 0 fully saturated rings. The SMILES string of the molecule is CCCCCCc1cc(CC(C)C)c(C=C2N=C(c3ccc[nH]3)C=C2OC)[nH]1. The lowest BCUT2D eigenvalue weighted by atomic mass is 10.0. The molecule has 2 aromatic heterocycles. The third-order valence-corrected chi connectivity index (χ3v) is 5.05. The maximum Gasteiger partial charge on any atom is 0.146 e. The number of ether oxygens (including phenoxy) is 1. The van der Waals surface area contributed by atoms with Gasteiger partial charge in [-0.1, -0.05) is 40.0 Å². The standard InChI is InChI=1S/C24H33N3O/c1-5-6-7-8-10-19-14-18(13-17(2)3)21(26-19)15-23-24(28-4)16-22(27-23)20-11-9-12-25-20/h9,11-12,14-17,25-26H,5-8,10,13H2,1-4H3. The molecule has 0 saturated heterocycles. The Morgan fingerprint density at radius 3 is 2.75 bits per heavy atom. The van der Waals surface area contributed by atoms with Crippen molar-refractivity contribution in [2.24, 2.45) is 10.9 Å². The largest absolute Gasteiger partial charge is 0.494 e. The fraction of sp³-hybridized carbons (Fsp3) is 0.458. The number of aliphatic imine (C=N–C) groups is 1. The van der Waals surface area contributed by atoms with Crippen LogP contribution < -0.4 is 0 Å². The normalized spacial score (nSPS) is 15.4. The van der Waals surface area contributed by atoms with Crippen molar-refractivity contribution < 1.29 is 4.74 Å². The molecule has 0 radical (unpaired) electrons. The van der Waals surface area contributed by atoms with Crippen molar-refractivity contribution in [3.8, 4) is 0 Å². The Labute approximate surface area is 168 Å². The molecule has 1 aliphatic rings. The molecule has 0 atom stereocenters. The summed E-state index contributed by atoms with van der Waals surface area (Å²) in [7, 11) is 1.70. The molecule has 28 heavy (non-hydrogen) atoms. The number of hydrogen-bond acceptors (Lipinski definition) is 2. The first-order valence-electron chi connectivity index (χ1n) is 10.5. The molecule has 2 aromatic rings. The van der Waals surface area contributed by atoms with E-state index in [1.165, 1.54) is 36.9 Å². The second-order valence-electron chi connectivity index (χ2n) is 7.97. The molecule has 0 spiro atoms. The summed E-state index contributed by atoms with van der Waals surface area (Å²) in [4.78, 5) is 11.7. The zero-order chi connectivity index (χ0) is 19.9. The van der Waals surface area contributed by atoms with Crippen LogP contribution >= 0.6 is 0 Å². The topological polar surface area (TPSA) is 53.2 Å². The average molecular weight is 380 g/mol. The van der Waals surface area contributed by atoms with E-state index in [1.54, 1.807) is 7.11 Å². The summed E-state index contributed by atoms with van der Waals surface area (Å²) in [6.45, 7) is 6.79. The first kappa shape index (κ1) is 20.2. The summed E-state index contributed by atoms with van der Waals surface area (Å²) in [6.07, 6.45) is 13.3. The Balaban J connectivity index is 1.86. The van der Waals surface area contributed by atoms with Crippen LogP contribution in [0.25, 0.3) is 6.08 Å². The lowest BCUT2D eigenvalue weighted by molar-refractivity contribution is 0.303. The number of rotatable bonds is 10. The fourth-order valence-electron chi connectivity index (χ4n) is 3.64. The minimum absolute atomic E-state index is 0.611. The molecule has 0 aliphatic carbocycles. The van der Waals surface area contributed by atoms with Crippen molar-refractivity contribution >= 4 is 11.8 Å². The van der Waals surface area contributed by atoms with E-state index in [4.69, 9.17) is 9.73 Å². The summed E-state index contributed by atoms with van der Waals surface area (Å²) in [5.74, 6) is 1.42. The first-order valence-corrected chi connectivity index (χ1v) is 10.5. The van der Waals surface area contributed by atoms with Gasteiger partial charge in [0.1, 0.15) is 11.5 Å². The predicted octanol–water partition coefficient (Wildman–Crippen LogP) is 6.04. The highest BCUT2D eigenvalue weighted by molar-refractivity contribution is 6.11. The molecule has 3 rings (SSSR count). The summed E-state index contributed by atoms with van der Waals surface area (Å²) in [5, 5.41) is 0. The minimum atomic E-state index is 0.611. The van der Waals surface area contributed by atoms with E-state index in [9.17, 15) is 0 Å². The van der Waals surface area contributed by atoms with E-state index in [1.807, 2.05) is 24.4 Å². The van der Waals surface area contributed by atoms with Gasteiger partial charge in [0, 0.05) is 23.7 Å². The number of hydrogen-bond donors (Lipinski definition) is 2. The van der Waals surface area contributed by atoms with E-state index in [-0.39, 0.29) is 0 Å². The van der Waals surface area contributed by atoms with E-state index in [0.717, 1.165) is 41.4 Å². The zero-order valence-electron chi connectivity index (χ0n) is 17.6. The van der Waals surface area contributed by atoms with E-state index < -0.39 is 0 Å². The van der Waals surface area contributed by atoms with Crippen LogP contribution in [0.5, 0.6) is 0 Å². The van der Waals surface area contributed by atoms with Crippen molar-refractivity contribution in [1.82, 2.24) is 9.97 Å². The highest BCUT2D eigenvalue weighted by Crippen LogP contribution is 2.27. The van der Waals surface area contributed by atoms with Gasteiger partial charge in [-0.25, -0.2) is 4.99 Å². The van der Waals surface area contributed by atoms with Gasteiger partial charge in [-0.05, 0) is 55.0 Å². The number of allylic oxidation sites excluding steroid dienone is 1. The summed E-state index contributed by atoms with van der Waals surface area (Å²) < 4.78 is 5.59. The van der Waals surface area contributed by atoms with Crippen molar-refractivity contribution in [3.05, 3.63) is 64.6 Å². The first-order chi connectivity index (χ1) is 13.6. The van der Waals surface area contributed by atoms with Crippen LogP contribution in [0.4, 0.5) is 0 Å². The van der Waals surface area contributed by atoms with E-state index in [2.05, 4.69) is 42.9 Å². The number of aromatic nitrogens is 2. The number of aryl methyl sites for hydroxylation is 1. The molecule has 2 N–H and O–H groups in total. The third kappa shape index (κ3) is 5.06. The molecule has 4 nitrogen and oxygen atoms in total. The number of unbranched alkanes of at least 4 members (excludes halogenated alkanes) is 3. The third-order valence-electron chi connectivity index (χ3n) is 5.05. The van der Waals surface area contributed by atoms with Gasteiger partial charge in [-0.2, -0.15) is 0 Å². The molecule has 150 valence electrons. The molecule has 0 saturated carbocycles. The minimum Gasteiger partial charge on any atom is -0.494 e. The Morgan fingerprint density at radius 1 is 1.21 bits per heavy atom. The fourth-order valence-corrected chi connectivity index (χ4v) is 3.64. The van der Waals surface area contributed by atoms with Crippen LogP contribution in [0, 0.1) is 5.92 Å². The monoisotopic (exact) mass is 379 g/mol. The number of nitrogens with one attached hydrogen (secondary N) is 2. The van der Waals surface area contributed by atoms with Gasteiger partial charge in [0.25, 0.3) is 0 Å². The van der Waals surface area contributed by atoms with Crippen LogP contribution in [0.3, 0.4) is 0 Å². The predicted molar refractivity (Wildman–Crippen MR) is 118 cm³/mol. The van der Waals surface area contributed by atoms with E-state index in [0.29, 0.717) is 5.92 Å². The highest BCUT2D eigenvalue weighted by atomic mass is 16.5. The van der Waals surface area contributed by atoms with Crippen molar-refractivity contribution in [3.63, 3.8) is 0 Å². The van der Waals surface area contributed by atoms with Crippen LogP contribution in [0.1, 0.15) is 69.1 Å². The van der Waals surface area contributed by atoms with Gasteiger partial charge in [0.05, 0.1) is 18.5 Å². The number of methoxy groups -OCH3 is 1. The summed E-state index contributed by atoms with van der Waals surface area (Å²) >= 11 is 0. The van der Waals surface area contributed by atoms with Crippen molar-refractivity contribution in [2.45, 2.75) is 59.3 Å². The molecule has 3 heterocycles. The van der Waals surface area contributed by atoms with E-state index >= 15 is 0 Å². The molecule has 0 amide bonds. The quantitative estimate of drug-likeness (QED) is 0.486. The lowest BCUT2D eigenvalue weighted by Gasteiger charge is -2.05. The van der Waals surface area contributed by atoms with Crippen LogP contribution in [0.2, 0.25) is 0 Å². The Kier molecular flexibility index (Phi) is 6.96. The molecular weight excluding hydrogens is 346 g/mol. The van der Waals surface area contributed by atoms with Gasteiger partial charge in [0.15, 0.2) is 0 Å². The summed E-state index contributed by atoms with van der Waals surface area (Å²) in [5.41, 5.74) is 6.64. The smallest absolute Gasteiger partial charge is 0.146 e. The van der Waals surface area contributed by atoms with Gasteiger partial charge >= 0.3 is 0 Å². The Morgan fingerprint density at radius 2 is 2.07 bits per heavy atom. The lowest BCUT2D eigenvalue weighted by Crippen LogP contribution is -1.95. The second kappa shape index (κ2) is 9.63. The van der Waals surface area contributed by atoms with Crippen LogP contribution in [-0.4, -0.2) is 22.8 Å². The summed E-state index contributed by atoms with van der Waals surface area (Å²) in [6, 6.07) is 6.36. The van der Waals surface area contributed by atoms with Crippen molar-refractivity contribution in [2.75, 3.05) is 7.11 Å². The van der Waals surface area contributed by atoms with Gasteiger partial charge < -0.3 is 14.7 Å². The van der Waals surface area contributed by atoms with Crippen molar-refractivity contribution in [1.29, 1.82) is 0 Å². The van der Waals surface area contributed by atoms with Crippen LogP contribution in [-0.2, 0) is 17.6 Å². The number of aromatic amines is 2. The van der Waals surface area contributed by atoms with Gasteiger partial charge in [0.2, 0.25) is 0 Å². The zero-order valence-corrected chi connectivity index (χ0v) is 17.6. The molecule has 0 aromatic carbocycles. The average Bonchev–Trinajstić information content (AvgIpc) is 3.39. The van der Waals surface area contributed by atoms with Crippen LogP contribution in [0.15, 0.2) is 46.9 Å². The maximum atomic E-state index is 5.59. The molecule has 0 bridgehead atoms. The Hall–Kier alpha value is -2.49.